The van der Waals surface area contributed by atoms with E-state index in [1.165, 1.54) is 18.4 Å². The number of aromatic nitrogens is 2. The topological polar surface area (TPSA) is 64.2 Å². The summed E-state index contributed by atoms with van der Waals surface area (Å²) in [5, 5.41) is 0.833. The molecule has 0 fully saturated rings. The summed E-state index contributed by atoms with van der Waals surface area (Å²) >= 11 is 3.00. The molecule has 2 aromatic rings. The van der Waals surface area contributed by atoms with Crippen molar-refractivity contribution in [3.05, 3.63) is 9.75 Å². The van der Waals surface area contributed by atoms with Gasteiger partial charge >= 0.3 is 5.97 Å². The van der Waals surface area contributed by atoms with Crippen LogP contribution in [0.2, 0.25) is 0 Å². The number of hydrogen-bond acceptors (Lipinski definition) is 6. The van der Waals surface area contributed by atoms with Crippen molar-refractivity contribution >= 4 is 40.1 Å². The van der Waals surface area contributed by atoms with E-state index in [0.29, 0.717) is 4.88 Å². The van der Waals surface area contributed by atoms with E-state index in [1.54, 1.807) is 11.8 Å². The number of nitrogens with one attached hydrogen (secondary N) is 1. The average Bonchev–Trinajstić information content (AvgIpc) is 2.88. The van der Waals surface area contributed by atoms with Crippen molar-refractivity contribution in [2.75, 3.05) is 19.7 Å². The Hall–Kier alpha value is -1.05. The normalized spacial score (nSPS) is 11.1. The summed E-state index contributed by atoms with van der Waals surface area (Å²) in [7, 11) is 1.48. The summed E-state index contributed by atoms with van der Waals surface area (Å²) in [6, 6.07) is 0. The van der Waals surface area contributed by atoms with E-state index >= 15 is 0 Å². The first kappa shape index (κ1) is 13.4. The highest BCUT2D eigenvalue weighted by molar-refractivity contribution is 7.99. The maximum absolute atomic E-state index is 11.9. The lowest BCUT2D eigenvalue weighted by Gasteiger charge is -2.00. The number of thiophene rings is 1. The van der Waals surface area contributed by atoms with Gasteiger partial charge in [0.05, 0.1) is 5.52 Å². The van der Waals surface area contributed by atoms with Crippen LogP contribution in [0.15, 0.2) is 5.16 Å². The number of nitrogens with zero attached hydrogens (tertiary/aromatic N) is 1. The molecular weight excluding hydrogens is 272 g/mol. The standard InChI is InChI=1S/C11H14N2O3S2/c1-4-17-11-12-7-6(2)18-9(8(7)13-11)10(14)16-5-15-3/h4-5H2,1-3H3,(H,12,13). The van der Waals surface area contributed by atoms with Crippen LogP contribution in [0.5, 0.6) is 0 Å². The smallest absolute Gasteiger partial charge is 0.352 e. The summed E-state index contributed by atoms with van der Waals surface area (Å²) < 4.78 is 9.69. The van der Waals surface area contributed by atoms with Crippen LogP contribution in [0.1, 0.15) is 21.5 Å². The number of esters is 1. The Kier molecular flexibility index (Phi) is 4.26. The Bertz CT molecular complexity index is 562. The number of hydrogen-bond donors (Lipinski definition) is 1. The fraction of sp³-hybridized carbons (Fsp3) is 0.455. The molecule has 0 saturated heterocycles. The van der Waals surface area contributed by atoms with Gasteiger partial charge in [0.1, 0.15) is 10.4 Å². The van der Waals surface area contributed by atoms with E-state index < -0.39 is 0 Å². The zero-order valence-corrected chi connectivity index (χ0v) is 12.0. The van der Waals surface area contributed by atoms with Crippen molar-refractivity contribution in [2.24, 2.45) is 0 Å². The number of carbonyl (C=O) groups excluding carboxylic acids is 1. The predicted octanol–water partition coefficient (Wildman–Crippen LogP) is 2.81. The molecule has 0 aliphatic rings. The summed E-state index contributed by atoms with van der Waals surface area (Å²) in [6.45, 7) is 3.96. The summed E-state index contributed by atoms with van der Waals surface area (Å²) in [6.07, 6.45) is 0. The van der Waals surface area contributed by atoms with Crippen molar-refractivity contribution in [3.63, 3.8) is 0 Å². The highest BCUT2D eigenvalue weighted by atomic mass is 32.2. The fourth-order valence-electron chi connectivity index (χ4n) is 1.55. The van der Waals surface area contributed by atoms with Gasteiger partial charge in [-0.2, -0.15) is 0 Å². The number of H-pyrrole nitrogens is 1. The van der Waals surface area contributed by atoms with E-state index in [0.717, 1.165) is 26.8 Å². The Morgan fingerprint density at radius 3 is 3.00 bits per heavy atom. The molecule has 0 saturated carbocycles. The first-order chi connectivity index (χ1) is 8.67. The number of fused-ring (bicyclic) bond motifs is 1. The number of rotatable bonds is 5. The number of methoxy groups -OCH3 is 1. The first-order valence-corrected chi connectivity index (χ1v) is 7.25. The molecule has 0 radical (unpaired) electrons. The van der Waals surface area contributed by atoms with Crippen LogP contribution in [-0.2, 0) is 9.47 Å². The molecule has 0 bridgehead atoms. The molecule has 7 heteroatoms. The Balaban J connectivity index is 2.35. The van der Waals surface area contributed by atoms with Gasteiger partial charge in [-0.15, -0.1) is 11.3 Å². The molecule has 2 heterocycles. The second-order valence-electron chi connectivity index (χ2n) is 3.52. The number of thioether (sulfide) groups is 1. The Morgan fingerprint density at radius 2 is 2.33 bits per heavy atom. The van der Waals surface area contributed by atoms with Gasteiger partial charge in [-0.05, 0) is 12.7 Å². The number of imidazole rings is 1. The largest absolute Gasteiger partial charge is 0.434 e. The molecule has 0 unspecified atom stereocenters. The number of aromatic amines is 1. The quantitative estimate of drug-likeness (QED) is 0.520. The number of carbonyl (C=O) groups is 1. The molecule has 0 spiro atoms. The molecule has 0 aromatic carbocycles. The van der Waals surface area contributed by atoms with Crippen molar-refractivity contribution in [1.29, 1.82) is 0 Å². The minimum atomic E-state index is -0.378. The van der Waals surface area contributed by atoms with Gasteiger partial charge in [0.2, 0.25) is 0 Å². The molecule has 0 amide bonds. The van der Waals surface area contributed by atoms with E-state index in [4.69, 9.17) is 9.47 Å². The van der Waals surface area contributed by atoms with E-state index in [1.807, 2.05) is 6.92 Å². The van der Waals surface area contributed by atoms with Crippen LogP contribution < -0.4 is 0 Å². The molecule has 98 valence electrons. The van der Waals surface area contributed by atoms with E-state index in [-0.39, 0.29) is 12.8 Å². The third-order valence-electron chi connectivity index (χ3n) is 2.27. The maximum Gasteiger partial charge on any atom is 0.352 e. The van der Waals surface area contributed by atoms with Crippen LogP contribution in [0.3, 0.4) is 0 Å². The minimum absolute atomic E-state index is 0.0397. The predicted molar refractivity (Wildman–Crippen MR) is 72.4 cm³/mol. The average molecular weight is 286 g/mol. The van der Waals surface area contributed by atoms with Crippen LogP contribution in [-0.4, -0.2) is 35.6 Å². The Morgan fingerprint density at radius 1 is 1.56 bits per heavy atom. The minimum Gasteiger partial charge on any atom is -0.434 e. The van der Waals surface area contributed by atoms with Gasteiger partial charge in [-0.25, -0.2) is 9.78 Å². The van der Waals surface area contributed by atoms with Gasteiger partial charge < -0.3 is 14.5 Å². The van der Waals surface area contributed by atoms with Gasteiger partial charge in [0.25, 0.3) is 0 Å². The molecule has 2 aromatic heterocycles. The zero-order chi connectivity index (χ0) is 13.1. The van der Waals surface area contributed by atoms with Crippen LogP contribution >= 0.6 is 23.1 Å². The second kappa shape index (κ2) is 5.73. The van der Waals surface area contributed by atoms with Crippen molar-refractivity contribution < 1.29 is 14.3 Å². The summed E-state index contributed by atoms with van der Waals surface area (Å²) in [5.41, 5.74) is 1.61. The highest BCUT2D eigenvalue weighted by Gasteiger charge is 2.20. The molecule has 18 heavy (non-hydrogen) atoms. The lowest BCUT2D eigenvalue weighted by atomic mass is 10.3. The monoisotopic (exact) mass is 286 g/mol. The highest BCUT2D eigenvalue weighted by Crippen LogP contribution is 2.31. The SMILES string of the molecule is CCSc1nc2c(C)sc(C(=O)OCOC)c2[nH]1. The molecule has 0 aliphatic heterocycles. The third-order valence-corrected chi connectivity index (χ3v) is 4.10. The summed E-state index contributed by atoms with van der Waals surface area (Å²) in [4.78, 5) is 21.0. The zero-order valence-electron chi connectivity index (χ0n) is 10.4. The molecule has 1 N–H and O–H groups in total. The van der Waals surface area contributed by atoms with Crippen LogP contribution in [0.4, 0.5) is 0 Å². The Labute approximate surface area is 113 Å². The molecule has 0 atom stereocenters. The van der Waals surface area contributed by atoms with E-state index in [9.17, 15) is 4.79 Å². The van der Waals surface area contributed by atoms with Gasteiger partial charge in [-0.3, -0.25) is 0 Å². The molecular formula is C11H14N2O3S2. The summed E-state index contributed by atoms with van der Waals surface area (Å²) in [5.74, 6) is 0.554. The van der Waals surface area contributed by atoms with Crippen molar-refractivity contribution in [1.82, 2.24) is 9.97 Å². The van der Waals surface area contributed by atoms with Crippen molar-refractivity contribution in [2.45, 2.75) is 19.0 Å². The fourth-order valence-corrected chi connectivity index (χ4v) is 3.10. The van der Waals surface area contributed by atoms with Crippen LogP contribution in [0.25, 0.3) is 11.0 Å². The third kappa shape index (κ3) is 2.52. The van der Waals surface area contributed by atoms with E-state index in [2.05, 4.69) is 16.9 Å². The van der Waals surface area contributed by atoms with Gasteiger partial charge in [-0.1, -0.05) is 18.7 Å². The molecule has 2 rings (SSSR count). The molecule has 5 nitrogen and oxygen atoms in total. The first-order valence-electron chi connectivity index (χ1n) is 5.45. The van der Waals surface area contributed by atoms with Gasteiger partial charge in [0, 0.05) is 12.0 Å². The number of ether oxygens (including phenoxy) is 2. The van der Waals surface area contributed by atoms with Gasteiger partial charge in [0.15, 0.2) is 11.9 Å². The lowest BCUT2D eigenvalue weighted by molar-refractivity contribution is -0.0119. The molecule has 0 aliphatic carbocycles. The maximum atomic E-state index is 11.9. The lowest BCUT2D eigenvalue weighted by Crippen LogP contribution is -2.06. The van der Waals surface area contributed by atoms with Crippen molar-refractivity contribution in [3.8, 4) is 0 Å². The number of aryl methyl sites for hydroxylation is 1. The second-order valence-corrected chi connectivity index (χ2v) is 6.00. The van der Waals surface area contributed by atoms with Crippen LogP contribution in [0, 0.1) is 6.92 Å².